The van der Waals surface area contributed by atoms with Gasteiger partial charge in [-0.15, -0.1) is 0 Å². The third-order valence-corrected chi connectivity index (χ3v) is 7.31. The topological polar surface area (TPSA) is 127 Å². The number of nitrogens with one attached hydrogen (secondary N) is 2. The molecule has 2 N–H and O–H groups in total. The summed E-state index contributed by atoms with van der Waals surface area (Å²) in [5, 5.41) is 4.79. The molecule has 2 aromatic rings. The van der Waals surface area contributed by atoms with Gasteiger partial charge in [0.25, 0.3) is 5.91 Å². The molecule has 4 atom stereocenters. The highest BCUT2D eigenvalue weighted by molar-refractivity contribution is 9.10. The van der Waals surface area contributed by atoms with Crippen molar-refractivity contribution in [1.29, 1.82) is 0 Å². The van der Waals surface area contributed by atoms with E-state index in [0.717, 1.165) is 4.47 Å². The molecule has 220 valence electrons. The highest BCUT2D eigenvalue weighted by atomic mass is 79.9. The number of carbonyl (C=O) groups excluding carboxylic acids is 4. The molecule has 1 aromatic heterocycles. The number of esters is 1. The molecule has 4 rings (SSSR count). The Kier molecular flexibility index (Phi) is 9.51. The van der Waals surface area contributed by atoms with Crippen molar-refractivity contribution in [2.24, 2.45) is 5.92 Å². The maximum absolute atomic E-state index is 12.9. The first-order valence-electron chi connectivity index (χ1n) is 12.9. The first-order valence-corrected chi connectivity index (χ1v) is 13.7. The molecule has 14 heteroatoms. The van der Waals surface area contributed by atoms with Gasteiger partial charge in [0.2, 0.25) is 5.91 Å². The molecule has 2 saturated heterocycles. The lowest BCUT2D eigenvalue weighted by atomic mass is 10.0. The number of piperidine rings is 1. The zero-order valence-corrected chi connectivity index (χ0v) is 23.5. The number of likely N-dealkylation sites (tertiary alicyclic amines) is 1. The van der Waals surface area contributed by atoms with Crippen molar-refractivity contribution >= 4 is 39.6 Å². The number of rotatable bonds is 8. The Morgan fingerprint density at radius 2 is 1.90 bits per heavy atom. The van der Waals surface area contributed by atoms with Crippen molar-refractivity contribution in [3.05, 3.63) is 58.3 Å². The molecule has 1 aromatic carbocycles. The quantitative estimate of drug-likeness (QED) is 0.424. The van der Waals surface area contributed by atoms with E-state index in [-0.39, 0.29) is 36.4 Å². The van der Waals surface area contributed by atoms with Crippen LogP contribution in [0.15, 0.2) is 47.1 Å². The fraction of sp³-hybridized carbons (Fsp3) is 0.444. The average Bonchev–Trinajstić information content (AvgIpc) is 3.38. The highest BCUT2D eigenvalue weighted by Crippen LogP contribution is 2.27. The highest BCUT2D eigenvalue weighted by Gasteiger charge is 2.40. The molecule has 2 fully saturated rings. The van der Waals surface area contributed by atoms with Crippen LogP contribution in [-0.2, 0) is 19.1 Å². The number of nitrogens with zero attached hydrogens (tertiary/aromatic N) is 2. The Labute approximate surface area is 242 Å². The minimum Gasteiger partial charge on any atom is -0.482 e. The Morgan fingerprint density at radius 1 is 1.17 bits per heavy atom. The minimum atomic E-state index is -5.05. The summed E-state index contributed by atoms with van der Waals surface area (Å²) in [4.78, 5) is 54.3. The van der Waals surface area contributed by atoms with Crippen LogP contribution in [0.3, 0.4) is 0 Å². The van der Waals surface area contributed by atoms with Crippen LogP contribution in [0.5, 0.6) is 5.75 Å². The fourth-order valence-electron chi connectivity index (χ4n) is 4.69. The number of ether oxygens (including phenoxy) is 2. The molecule has 0 bridgehead atoms. The number of cyclic esters (lactones) is 1. The molecule has 0 spiro atoms. The Bertz CT molecular complexity index is 1280. The third-order valence-electron chi connectivity index (χ3n) is 6.78. The van der Waals surface area contributed by atoms with Crippen LogP contribution in [0.1, 0.15) is 48.3 Å². The smallest absolute Gasteiger partial charge is 0.471 e. The van der Waals surface area contributed by atoms with Crippen molar-refractivity contribution in [2.45, 2.75) is 50.6 Å². The van der Waals surface area contributed by atoms with Gasteiger partial charge in [0.1, 0.15) is 24.2 Å². The number of benzene rings is 1. The molecule has 0 aliphatic carbocycles. The van der Waals surface area contributed by atoms with E-state index in [1.807, 2.05) is 5.32 Å². The summed E-state index contributed by atoms with van der Waals surface area (Å²) < 4.78 is 50.1. The van der Waals surface area contributed by atoms with E-state index in [9.17, 15) is 32.3 Å². The Hall–Kier alpha value is -3.68. The maximum atomic E-state index is 12.9. The summed E-state index contributed by atoms with van der Waals surface area (Å²) in [6, 6.07) is 8.17. The van der Waals surface area contributed by atoms with Gasteiger partial charge in [-0.25, -0.2) is 4.98 Å². The standard InChI is InChI=1S/C27H28BrF3N4O6/c1-15(33-26(39)27(29,30)31)23(16-4-6-18(28)7-5-16)41-20-8-9-21(32-12-20)24(37)34-19-3-2-10-35(13-19)25(38)17-11-22(36)40-14-17/h4-9,12,15,17,19,23H,2-3,10-11,13-14H2,1H3,(H,33,39)(H,34,37)/t15-,17+,19-,23-/m0/s1. The summed E-state index contributed by atoms with van der Waals surface area (Å²) in [7, 11) is 0. The number of alkyl halides is 3. The Morgan fingerprint density at radius 3 is 2.51 bits per heavy atom. The van der Waals surface area contributed by atoms with Crippen LogP contribution >= 0.6 is 15.9 Å². The summed E-state index contributed by atoms with van der Waals surface area (Å²) in [5.74, 6) is -3.45. The predicted molar refractivity (Wildman–Crippen MR) is 142 cm³/mol. The van der Waals surface area contributed by atoms with Gasteiger partial charge in [0.05, 0.1) is 24.6 Å². The lowest BCUT2D eigenvalue weighted by Crippen LogP contribution is -2.51. The molecule has 0 unspecified atom stereocenters. The number of carbonyl (C=O) groups is 4. The number of amides is 3. The first-order chi connectivity index (χ1) is 19.4. The van der Waals surface area contributed by atoms with Crippen LogP contribution in [0.4, 0.5) is 13.2 Å². The van der Waals surface area contributed by atoms with Gasteiger partial charge in [-0.1, -0.05) is 28.1 Å². The molecule has 3 heterocycles. The lowest BCUT2D eigenvalue weighted by molar-refractivity contribution is -0.174. The largest absolute Gasteiger partial charge is 0.482 e. The van der Waals surface area contributed by atoms with E-state index in [1.54, 1.807) is 29.2 Å². The average molecular weight is 641 g/mol. The summed E-state index contributed by atoms with van der Waals surface area (Å²) >= 11 is 3.31. The zero-order chi connectivity index (χ0) is 29.7. The van der Waals surface area contributed by atoms with E-state index in [1.165, 1.54) is 25.3 Å². The summed E-state index contributed by atoms with van der Waals surface area (Å²) in [6.45, 7) is 2.29. The van der Waals surface area contributed by atoms with Gasteiger partial charge in [0, 0.05) is 23.6 Å². The number of pyridine rings is 1. The fourth-order valence-corrected chi connectivity index (χ4v) is 4.95. The molecule has 41 heavy (non-hydrogen) atoms. The third kappa shape index (κ3) is 7.96. The first kappa shape index (κ1) is 30.3. The number of aromatic nitrogens is 1. The van der Waals surface area contributed by atoms with E-state index < -0.39 is 42.0 Å². The van der Waals surface area contributed by atoms with Gasteiger partial charge < -0.3 is 25.0 Å². The molecule has 10 nitrogen and oxygen atoms in total. The zero-order valence-electron chi connectivity index (χ0n) is 21.9. The van der Waals surface area contributed by atoms with Gasteiger partial charge in [-0.2, -0.15) is 13.2 Å². The SMILES string of the molecule is C[C@H](NC(=O)C(F)(F)F)[C@H](Oc1ccc(C(=O)N[C@H]2CCCN(C(=O)[C@H]3COC(=O)C3)C2)nc1)c1ccc(Br)cc1. The monoisotopic (exact) mass is 640 g/mol. The van der Waals surface area contributed by atoms with Crippen LogP contribution in [0.25, 0.3) is 0 Å². The lowest BCUT2D eigenvalue weighted by Gasteiger charge is -2.34. The molecule has 2 aliphatic heterocycles. The number of hydrogen-bond acceptors (Lipinski definition) is 7. The molecule has 2 aliphatic rings. The van der Waals surface area contributed by atoms with Crippen molar-refractivity contribution in [3.8, 4) is 5.75 Å². The second-order valence-corrected chi connectivity index (χ2v) is 10.8. The van der Waals surface area contributed by atoms with E-state index in [4.69, 9.17) is 9.47 Å². The number of halogens is 4. The van der Waals surface area contributed by atoms with Crippen molar-refractivity contribution in [2.75, 3.05) is 19.7 Å². The molecular weight excluding hydrogens is 613 g/mol. The van der Waals surface area contributed by atoms with Crippen LogP contribution < -0.4 is 15.4 Å². The van der Waals surface area contributed by atoms with Crippen molar-refractivity contribution in [1.82, 2.24) is 20.5 Å². The van der Waals surface area contributed by atoms with Gasteiger partial charge in [-0.05, 0) is 49.6 Å². The molecule has 0 radical (unpaired) electrons. The van der Waals surface area contributed by atoms with E-state index in [2.05, 4.69) is 26.2 Å². The van der Waals surface area contributed by atoms with Gasteiger partial charge in [-0.3, -0.25) is 19.2 Å². The Balaban J connectivity index is 1.39. The second-order valence-electron chi connectivity index (χ2n) is 9.91. The van der Waals surface area contributed by atoms with Crippen LogP contribution in [0, 0.1) is 5.92 Å². The predicted octanol–water partition coefficient (Wildman–Crippen LogP) is 3.32. The molecule has 0 saturated carbocycles. The second kappa shape index (κ2) is 12.9. The van der Waals surface area contributed by atoms with Crippen LogP contribution in [0.2, 0.25) is 0 Å². The van der Waals surface area contributed by atoms with Gasteiger partial charge >= 0.3 is 18.1 Å². The van der Waals surface area contributed by atoms with Gasteiger partial charge in [0.15, 0.2) is 0 Å². The van der Waals surface area contributed by atoms with Crippen molar-refractivity contribution < 1.29 is 41.8 Å². The van der Waals surface area contributed by atoms with E-state index >= 15 is 0 Å². The maximum Gasteiger partial charge on any atom is 0.471 e. The van der Waals surface area contributed by atoms with Crippen LogP contribution in [-0.4, -0.2) is 71.5 Å². The number of hydrogen-bond donors (Lipinski definition) is 2. The summed E-state index contributed by atoms with van der Waals surface area (Å²) in [5.41, 5.74) is 0.587. The normalized spacial score (nSPS) is 20.5. The van der Waals surface area contributed by atoms with E-state index in [0.29, 0.717) is 31.5 Å². The minimum absolute atomic E-state index is 0.0564. The molecule has 3 amide bonds. The van der Waals surface area contributed by atoms with Crippen molar-refractivity contribution in [3.63, 3.8) is 0 Å². The molecular formula is C27H28BrF3N4O6. The summed E-state index contributed by atoms with van der Waals surface area (Å²) in [6.07, 6.45) is -3.39.